The molecule has 1 N–H and O–H groups in total. The first-order valence-corrected chi connectivity index (χ1v) is 7.78. The molecule has 2 heterocycles. The Morgan fingerprint density at radius 1 is 1.30 bits per heavy atom. The van der Waals surface area contributed by atoms with Gasteiger partial charge in [-0.05, 0) is 35.7 Å². The molecule has 0 saturated carbocycles. The summed E-state index contributed by atoms with van der Waals surface area (Å²) in [6.07, 6.45) is 1.45. The lowest BCUT2D eigenvalue weighted by atomic mass is 10.0. The van der Waals surface area contributed by atoms with Crippen LogP contribution in [0.1, 0.15) is 34.1 Å². The highest BCUT2D eigenvalue weighted by molar-refractivity contribution is 5.93. The molecule has 1 aliphatic rings. The van der Waals surface area contributed by atoms with E-state index in [0.717, 1.165) is 34.8 Å². The van der Waals surface area contributed by atoms with E-state index in [1.807, 2.05) is 37.3 Å². The van der Waals surface area contributed by atoms with Crippen LogP contribution in [0.4, 0.5) is 5.82 Å². The predicted molar refractivity (Wildman–Crippen MR) is 87.9 cm³/mol. The number of aryl methyl sites for hydroxylation is 1. The highest BCUT2D eigenvalue weighted by Gasteiger charge is 2.23. The van der Waals surface area contributed by atoms with Crippen molar-refractivity contribution in [3.63, 3.8) is 0 Å². The Kier molecular flexibility index (Phi) is 4.46. The van der Waals surface area contributed by atoms with Gasteiger partial charge < -0.3 is 14.8 Å². The van der Waals surface area contributed by atoms with Gasteiger partial charge in [0.15, 0.2) is 0 Å². The molecule has 120 valence electrons. The predicted octanol–water partition coefficient (Wildman–Crippen LogP) is 2.98. The summed E-state index contributed by atoms with van der Waals surface area (Å²) in [5, 5.41) is 3.33. The minimum absolute atomic E-state index is 0.252. The summed E-state index contributed by atoms with van der Waals surface area (Å²) in [4.78, 5) is 16.5. The molecule has 0 bridgehead atoms. The molecule has 0 spiro atoms. The number of fused-ring (bicyclic) bond motifs is 1. The number of hydrogen-bond acceptors (Lipinski definition) is 5. The second kappa shape index (κ2) is 6.69. The molecule has 3 rings (SSSR count). The van der Waals surface area contributed by atoms with Crippen LogP contribution >= 0.6 is 0 Å². The van der Waals surface area contributed by atoms with Crippen LogP contribution in [0.2, 0.25) is 0 Å². The van der Waals surface area contributed by atoms with Gasteiger partial charge >= 0.3 is 5.97 Å². The number of ether oxygens (including phenoxy) is 2. The number of benzene rings is 1. The molecule has 23 heavy (non-hydrogen) atoms. The zero-order chi connectivity index (χ0) is 16.2. The summed E-state index contributed by atoms with van der Waals surface area (Å²) < 4.78 is 10.3. The lowest BCUT2D eigenvalue weighted by Gasteiger charge is -2.19. The maximum atomic E-state index is 11.9. The lowest BCUT2D eigenvalue weighted by Crippen LogP contribution is -2.21. The van der Waals surface area contributed by atoms with Crippen LogP contribution in [0.3, 0.4) is 0 Å². The number of esters is 1. The van der Waals surface area contributed by atoms with Gasteiger partial charge in [-0.25, -0.2) is 9.78 Å². The van der Waals surface area contributed by atoms with E-state index in [-0.39, 0.29) is 5.97 Å². The Morgan fingerprint density at radius 2 is 2.09 bits per heavy atom. The third kappa shape index (κ3) is 3.28. The summed E-state index contributed by atoms with van der Waals surface area (Å²) >= 11 is 0. The number of methoxy groups -OCH3 is 1. The van der Waals surface area contributed by atoms with Gasteiger partial charge in [-0.15, -0.1) is 0 Å². The van der Waals surface area contributed by atoms with Crippen LogP contribution in [0.15, 0.2) is 30.3 Å². The number of aromatic nitrogens is 1. The average molecular weight is 312 g/mol. The van der Waals surface area contributed by atoms with E-state index in [1.165, 1.54) is 0 Å². The fraction of sp³-hybridized carbons (Fsp3) is 0.333. The number of cyclic esters (lactones) is 1. The van der Waals surface area contributed by atoms with Crippen LogP contribution in [0.5, 0.6) is 5.75 Å². The van der Waals surface area contributed by atoms with Crippen molar-refractivity contribution < 1.29 is 14.3 Å². The summed E-state index contributed by atoms with van der Waals surface area (Å²) in [6, 6.07) is 9.86. The van der Waals surface area contributed by atoms with E-state index < -0.39 is 0 Å². The lowest BCUT2D eigenvalue weighted by molar-refractivity contribution is 0.0478. The zero-order valence-corrected chi connectivity index (χ0v) is 13.4. The van der Waals surface area contributed by atoms with Crippen molar-refractivity contribution in [2.75, 3.05) is 19.0 Å². The van der Waals surface area contributed by atoms with Crippen LogP contribution in [0, 0.1) is 0 Å². The van der Waals surface area contributed by atoms with Crippen molar-refractivity contribution >= 4 is 11.8 Å². The number of pyridine rings is 1. The van der Waals surface area contributed by atoms with Crippen molar-refractivity contribution in [3.05, 3.63) is 52.7 Å². The molecule has 0 radical (unpaired) electrons. The highest BCUT2D eigenvalue weighted by atomic mass is 16.5. The minimum atomic E-state index is -0.252. The van der Waals surface area contributed by atoms with Gasteiger partial charge in [-0.2, -0.15) is 0 Å². The van der Waals surface area contributed by atoms with Gasteiger partial charge in [0.25, 0.3) is 0 Å². The Hall–Kier alpha value is -2.56. The van der Waals surface area contributed by atoms with Crippen molar-refractivity contribution in [1.82, 2.24) is 4.98 Å². The Morgan fingerprint density at radius 3 is 2.78 bits per heavy atom. The fourth-order valence-electron chi connectivity index (χ4n) is 2.71. The van der Waals surface area contributed by atoms with Gasteiger partial charge in [-0.1, -0.05) is 19.1 Å². The molecule has 1 aliphatic heterocycles. The number of rotatable bonds is 5. The standard InChI is InChI=1S/C18H20N2O3/c1-3-15-17-13(8-9-23-18(17)21)10-16(20-15)19-11-12-4-6-14(22-2)7-5-12/h4-7,10H,3,8-9,11H2,1-2H3,(H,19,20). The van der Waals surface area contributed by atoms with E-state index in [0.29, 0.717) is 25.1 Å². The topological polar surface area (TPSA) is 60.5 Å². The molecule has 0 amide bonds. The van der Waals surface area contributed by atoms with Crippen molar-refractivity contribution in [3.8, 4) is 5.75 Å². The van der Waals surface area contributed by atoms with Crippen LogP contribution in [-0.4, -0.2) is 24.7 Å². The molecule has 0 atom stereocenters. The maximum absolute atomic E-state index is 11.9. The summed E-state index contributed by atoms with van der Waals surface area (Å²) in [5.41, 5.74) is 3.60. The molecule has 1 aromatic carbocycles. The van der Waals surface area contributed by atoms with Gasteiger partial charge in [-0.3, -0.25) is 0 Å². The number of nitrogens with one attached hydrogen (secondary N) is 1. The van der Waals surface area contributed by atoms with E-state index in [2.05, 4.69) is 10.3 Å². The quantitative estimate of drug-likeness (QED) is 0.860. The number of anilines is 1. The molecule has 0 aliphatic carbocycles. The molecular weight excluding hydrogens is 292 g/mol. The zero-order valence-electron chi connectivity index (χ0n) is 13.4. The summed E-state index contributed by atoms with van der Waals surface area (Å²) in [5.74, 6) is 1.39. The van der Waals surface area contributed by atoms with E-state index in [1.54, 1.807) is 7.11 Å². The molecule has 0 saturated heterocycles. The second-order valence-corrected chi connectivity index (χ2v) is 5.43. The third-order valence-electron chi connectivity index (χ3n) is 3.95. The van der Waals surface area contributed by atoms with E-state index in [4.69, 9.17) is 9.47 Å². The first kappa shape index (κ1) is 15.3. The monoisotopic (exact) mass is 312 g/mol. The molecule has 5 heteroatoms. The minimum Gasteiger partial charge on any atom is -0.497 e. The average Bonchev–Trinajstić information content (AvgIpc) is 2.59. The molecule has 0 fully saturated rings. The number of carbonyl (C=O) groups excluding carboxylic acids is 1. The molecule has 1 aromatic heterocycles. The number of carbonyl (C=O) groups is 1. The van der Waals surface area contributed by atoms with Gasteiger partial charge in [0.1, 0.15) is 11.6 Å². The van der Waals surface area contributed by atoms with Gasteiger partial charge in [0, 0.05) is 13.0 Å². The SMILES string of the molecule is CCc1nc(NCc2ccc(OC)cc2)cc2c1C(=O)OCC2. The summed E-state index contributed by atoms with van der Waals surface area (Å²) in [6.45, 7) is 3.11. The summed E-state index contributed by atoms with van der Waals surface area (Å²) in [7, 11) is 1.65. The highest BCUT2D eigenvalue weighted by Crippen LogP contribution is 2.24. The molecule has 5 nitrogen and oxygen atoms in total. The van der Waals surface area contributed by atoms with Crippen LogP contribution < -0.4 is 10.1 Å². The Bertz CT molecular complexity index is 694. The first-order chi connectivity index (χ1) is 11.2. The fourth-order valence-corrected chi connectivity index (χ4v) is 2.71. The van der Waals surface area contributed by atoms with E-state index in [9.17, 15) is 4.79 Å². The Balaban J connectivity index is 1.78. The van der Waals surface area contributed by atoms with Crippen LogP contribution in [0.25, 0.3) is 0 Å². The van der Waals surface area contributed by atoms with Gasteiger partial charge in [0.05, 0.1) is 25.0 Å². The number of nitrogens with zero attached hydrogens (tertiary/aromatic N) is 1. The van der Waals surface area contributed by atoms with Crippen molar-refractivity contribution in [2.45, 2.75) is 26.3 Å². The largest absolute Gasteiger partial charge is 0.497 e. The van der Waals surface area contributed by atoms with Crippen molar-refractivity contribution in [1.29, 1.82) is 0 Å². The molecule has 0 unspecified atom stereocenters. The first-order valence-electron chi connectivity index (χ1n) is 7.78. The molecule has 2 aromatic rings. The molecular formula is C18H20N2O3. The Labute approximate surface area is 135 Å². The number of hydrogen-bond donors (Lipinski definition) is 1. The van der Waals surface area contributed by atoms with Crippen LogP contribution in [-0.2, 0) is 24.1 Å². The smallest absolute Gasteiger partial charge is 0.340 e. The van der Waals surface area contributed by atoms with E-state index >= 15 is 0 Å². The van der Waals surface area contributed by atoms with Crippen molar-refractivity contribution in [2.24, 2.45) is 0 Å². The normalized spacial score (nSPS) is 13.2. The second-order valence-electron chi connectivity index (χ2n) is 5.43. The third-order valence-corrected chi connectivity index (χ3v) is 3.95. The maximum Gasteiger partial charge on any atom is 0.340 e. The van der Waals surface area contributed by atoms with Gasteiger partial charge in [0.2, 0.25) is 0 Å².